The molecule has 10 heteroatoms. The molecule has 0 spiro atoms. The van der Waals surface area contributed by atoms with Crippen molar-refractivity contribution in [3.05, 3.63) is 84.3 Å². The highest BCUT2D eigenvalue weighted by atomic mass is 32.2. The van der Waals surface area contributed by atoms with Gasteiger partial charge in [0.05, 0.1) is 17.7 Å². The van der Waals surface area contributed by atoms with E-state index in [1.54, 1.807) is 24.3 Å². The van der Waals surface area contributed by atoms with Gasteiger partial charge in [-0.2, -0.15) is 4.31 Å². The molecule has 2 aromatic carbocycles. The fourth-order valence-electron chi connectivity index (χ4n) is 2.81. The van der Waals surface area contributed by atoms with Crippen molar-refractivity contribution in [2.24, 2.45) is 0 Å². The van der Waals surface area contributed by atoms with Crippen LogP contribution in [0.1, 0.15) is 16.1 Å². The van der Waals surface area contributed by atoms with Gasteiger partial charge in [-0.25, -0.2) is 8.42 Å². The Labute approximate surface area is 178 Å². The van der Waals surface area contributed by atoms with Crippen LogP contribution in [0.15, 0.2) is 86.7 Å². The summed E-state index contributed by atoms with van der Waals surface area (Å²) < 4.78 is 37.3. The van der Waals surface area contributed by atoms with Crippen molar-refractivity contribution >= 4 is 21.9 Å². The first-order valence-corrected chi connectivity index (χ1v) is 10.7. The molecule has 0 aliphatic rings. The summed E-state index contributed by atoms with van der Waals surface area (Å²) in [5.74, 6) is 0.296. The number of amides is 1. The average molecular weight is 438 g/mol. The third-order valence-corrected chi connectivity index (χ3v) is 6.27. The Bertz CT molecular complexity index is 1270. The van der Waals surface area contributed by atoms with Crippen molar-refractivity contribution in [3.8, 4) is 11.5 Å². The van der Waals surface area contributed by atoms with Gasteiger partial charge in [-0.1, -0.05) is 23.3 Å². The molecule has 0 unspecified atom stereocenters. The van der Waals surface area contributed by atoms with Crippen LogP contribution in [-0.2, 0) is 16.6 Å². The lowest BCUT2D eigenvalue weighted by Crippen LogP contribution is -2.26. The van der Waals surface area contributed by atoms with Crippen molar-refractivity contribution in [2.45, 2.75) is 11.4 Å². The van der Waals surface area contributed by atoms with Crippen LogP contribution in [0.3, 0.4) is 0 Å². The minimum atomic E-state index is -3.74. The Morgan fingerprint density at radius 1 is 1.00 bits per heavy atom. The van der Waals surface area contributed by atoms with Gasteiger partial charge >= 0.3 is 6.01 Å². The smallest absolute Gasteiger partial charge is 0.322 e. The Morgan fingerprint density at radius 3 is 2.42 bits per heavy atom. The first-order valence-electron chi connectivity index (χ1n) is 9.22. The van der Waals surface area contributed by atoms with E-state index in [1.165, 1.54) is 41.9 Å². The SMILES string of the molecule is CN(Cc1ccco1)S(=O)(=O)c1ccc(C(=O)Nc2nnc(-c3ccccc3)o2)cc1. The Hall–Kier alpha value is -3.76. The maximum Gasteiger partial charge on any atom is 0.322 e. The van der Waals surface area contributed by atoms with Crippen molar-refractivity contribution in [1.82, 2.24) is 14.5 Å². The van der Waals surface area contributed by atoms with Crippen LogP contribution in [0.5, 0.6) is 0 Å². The van der Waals surface area contributed by atoms with Gasteiger partial charge in [0.25, 0.3) is 5.91 Å². The summed E-state index contributed by atoms with van der Waals surface area (Å²) in [5.41, 5.74) is 0.968. The largest absolute Gasteiger partial charge is 0.468 e. The minimum Gasteiger partial charge on any atom is -0.468 e. The van der Waals surface area contributed by atoms with E-state index in [0.717, 1.165) is 5.56 Å². The van der Waals surface area contributed by atoms with Crippen LogP contribution in [-0.4, -0.2) is 35.9 Å². The number of furan rings is 1. The number of hydrogen-bond acceptors (Lipinski definition) is 7. The third-order valence-electron chi connectivity index (χ3n) is 4.45. The molecule has 4 rings (SSSR count). The highest BCUT2D eigenvalue weighted by molar-refractivity contribution is 7.89. The monoisotopic (exact) mass is 438 g/mol. The van der Waals surface area contributed by atoms with Crippen LogP contribution in [0.4, 0.5) is 6.01 Å². The zero-order valence-corrected chi connectivity index (χ0v) is 17.2. The number of nitrogens with one attached hydrogen (secondary N) is 1. The number of aromatic nitrogens is 2. The number of anilines is 1. The van der Waals surface area contributed by atoms with E-state index in [-0.39, 0.29) is 28.9 Å². The fourth-order valence-corrected chi connectivity index (χ4v) is 3.94. The Morgan fingerprint density at radius 2 is 1.74 bits per heavy atom. The number of carbonyl (C=O) groups is 1. The minimum absolute atomic E-state index is 0.0567. The molecule has 0 bridgehead atoms. The predicted molar refractivity (Wildman–Crippen MR) is 111 cm³/mol. The van der Waals surface area contributed by atoms with Gasteiger partial charge < -0.3 is 8.83 Å². The summed E-state index contributed by atoms with van der Waals surface area (Å²) in [7, 11) is -2.29. The molecule has 1 amide bonds. The highest BCUT2D eigenvalue weighted by Crippen LogP contribution is 2.21. The van der Waals surface area contributed by atoms with E-state index < -0.39 is 15.9 Å². The molecule has 9 nitrogen and oxygen atoms in total. The topological polar surface area (TPSA) is 119 Å². The van der Waals surface area contributed by atoms with Gasteiger partial charge in [0.15, 0.2) is 0 Å². The van der Waals surface area contributed by atoms with Gasteiger partial charge in [-0.3, -0.25) is 10.1 Å². The molecule has 2 aromatic heterocycles. The standard InChI is InChI=1S/C21H18N4O5S/c1-25(14-17-8-5-13-29-17)31(27,28)18-11-9-15(10-12-18)19(26)22-21-24-23-20(30-21)16-6-3-2-4-7-16/h2-13H,14H2,1H3,(H,22,24,26). The number of benzene rings is 2. The van der Waals surface area contributed by atoms with Crippen LogP contribution in [0.25, 0.3) is 11.5 Å². The first kappa shape index (κ1) is 20.5. The third kappa shape index (κ3) is 4.55. The molecule has 0 aliphatic carbocycles. The number of hydrogen-bond donors (Lipinski definition) is 1. The van der Waals surface area contributed by atoms with Crippen molar-refractivity contribution in [1.29, 1.82) is 0 Å². The van der Waals surface area contributed by atoms with Crippen LogP contribution in [0, 0.1) is 0 Å². The maximum absolute atomic E-state index is 12.7. The van der Waals surface area contributed by atoms with Crippen LogP contribution >= 0.6 is 0 Å². The number of carbonyl (C=O) groups excluding carboxylic acids is 1. The maximum atomic E-state index is 12.7. The molecule has 158 valence electrons. The molecule has 0 atom stereocenters. The summed E-state index contributed by atoms with van der Waals surface area (Å²) in [5, 5.41) is 10.2. The molecule has 0 fully saturated rings. The van der Waals surface area contributed by atoms with Crippen molar-refractivity contribution in [3.63, 3.8) is 0 Å². The molecule has 0 saturated heterocycles. The molecular formula is C21H18N4O5S. The van der Waals surface area contributed by atoms with Crippen molar-refractivity contribution < 1.29 is 22.0 Å². The van der Waals surface area contributed by atoms with E-state index in [9.17, 15) is 13.2 Å². The molecule has 2 heterocycles. The molecule has 31 heavy (non-hydrogen) atoms. The summed E-state index contributed by atoms with van der Waals surface area (Å²) >= 11 is 0. The molecule has 0 aliphatic heterocycles. The molecule has 0 saturated carbocycles. The molecular weight excluding hydrogens is 420 g/mol. The van der Waals surface area contributed by atoms with Gasteiger partial charge in [0, 0.05) is 18.2 Å². The predicted octanol–water partition coefficient (Wildman–Crippen LogP) is 3.40. The fraction of sp³-hybridized carbons (Fsp3) is 0.0952. The number of nitrogens with zero attached hydrogens (tertiary/aromatic N) is 3. The average Bonchev–Trinajstić information content (AvgIpc) is 3.46. The van der Waals surface area contributed by atoms with Gasteiger partial charge in [0.2, 0.25) is 15.9 Å². The lowest BCUT2D eigenvalue weighted by atomic mass is 10.2. The van der Waals surface area contributed by atoms with Gasteiger partial charge in [-0.05, 0) is 48.5 Å². The Balaban J connectivity index is 1.44. The lowest BCUT2D eigenvalue weighted by Gasteiger charge is -2.16. The zero-order valence-electron chi connectivity index (χ0n) is 16.4. The molecule has 4 aromatic rings. The van der Waals surface area contributed by atoms with E-state index in [0.29, 0.717) is 5.76 Å². The summed E-state index contributed by atoms with van der Waals surface area (Å²) in [6, 6.07) is 18.0. The summed E-state index contributed by atoms with van der Waals surface area (Å²) in [6.45, 7) is 0.0957. The number of sulfonamides is 1. The van der Waals surface area contributed by atoms with Crippen molar-refractivity contribution in [2.75, 3.05) is 12.4 Å². The first-order chi connectivity index (χ1) is 14.9. The normalized spacial score (nSPS) is 11.5. The van der Waals surface area contributed by atoms with E-state index in [4.69, 9.17) is 8.83 Å². The second-order valence-electron chi connectivity index (χ2n) is 6.60. The zero-order chi connectivity index (χ0) is 21.8. The van der Waals surface area contributed by atoms with Crippen LogP contribution < -0.4 is 5.32 Å². The summed E-state index contributed by atoms with van der Waals surface area (Å²) in [6.07, 6.45) is 1.48. The van der Waals surface area contributed by atoms with E-state index in [1.807, 2.05) is 18.2 Å². The number of rotatable bonds is 7. The van der Waals surface area contributed by atoms with Gasteiger partial charge in [-0.15, -0.1) is 5.10 Å². The second kappa shape index (κ2) is 8.54. The Kier molecular flexibility index (Phi) is 5.65. The second-order valence-corrected chi connectivity index (χ2v) is 8.64. The summed E-state index contributed by atoms with van der Waals surface area (Å²) in [4.78, 5) is 12.5. The van der Waals surface area contributed by atoms with E-state index in [2.05, 4.69) is 15.5 Å². The molecule has 1 N–H and O–H groups in total. The van der Waals surface area contributed by atoms with Gasteiger partial charge in [0.1, 0.15) is 5.76 Å². The van der Waals surface area contributed by atoms with Crippen LogP contribution in [0.2, 0.25) is 0 Å². The lowest BCUT2D eigenvalue weighted by molar-refractivity contribution is 0.102. The highest BCUT2D eigenvalue weighted by Gasteiger charge is 2.22. The molecule has 0 radical (unpaired) electrons. The quantitative estimate of drug-likeness (QED) is 0.470. The van der Waals surface area contributed by atoms with E-state index >= 15 is 0 Å².